The number of aromatic amines is 1. The van der Waals surface area contributed by atoms with E-state index in [-0.39, 0.29) is 11.1 Å². The fourth-order valence-electron chi connectivity index (χ4n) is 2.90. The van der Waals surface area contributed by atoms with Gasteiger partial charge in [-0.25, -0.2) is 10.1 Å². The van der Waals surface area contributed by atoms with Crippen LogP contribution in [0.3, 0.4) is 0 Å². The van der Waals surface area contributed by atoms with Gasteiger partial charge in [-0.15, -0.1) is 0 Å². The maximum atomic E-state index is 12.8. The molecule has 0 fully saturated rings. The molecule has 9 heteroatoms. The molecule has 4 heterocycles. The van der Waals surface area contributed by atoms with Crippen molar-refractivity contribution >= 4 is 21.8 Å². The van der Waals surface area contributed by atoms with Gasteiger partial charge >= 0.3 is 0 Å². The lowest BCUT2D eigenvalue weighted by Gasteiger charge is -2.08. The minimum Gasteiger partial charge on any atom is -0.385 e. The van der Waals surface area contributed by atoms with Crippen LogP contribution in [0.1, 0.15) is 6.42 Å². The maximum absolute atomic E-state index is 12.8. The molecule has 0 aliphatic heterocycles. The molecule has 0 radical (unpaired) electrons. The third-order valence-electron chi connectivity index (χ3n) is 4.19. The van der Waals surface area contributed by atoms with Crippen LogP contribution in [0.5, 0.6) is 0 Å². The van der Waals surface area contributed by atoms with Gasteiger partial charge in [0.15, 0.2) is 0 Å². The number of hydrogen-bond acceptors (Lipinski definition) is 6. The largest absolute Gasteiger partial charge is 0.385 e. The Morgan fingerprint density at radius 3 is 2.62 bits per heavy atom. The zero-order valence-electron chi connectivity index (χ0n) is 14.0. The summed E-state index contributed by atoms with van der Waals surface area (Å²) in [6, 6.07) is 5.09. The van der Waals surface area contributed by atoms with Gasteiger partial charge in [-0.1, -0.05) is 0 Å². The average molecular weight is 352 g/mol. The summed E-state index contributed by atoms with van der Waals surface area (Å²) < 4.78 is 7.97. The standard InChI is InChI=1S/C17H16N6O3/c1-26-8-2-5-22-6-3-13-11(15(22)24)9-12-14(20-13)4-7-23(16(12)25)17-18-10-19-21-17/h3-4,6-7,9-10H,2,5,8H2,1H3,(H,18,19,21). The molecular formula is C17H16N6O3. The summed E-state index contributed by atoms with van der Waals surface area (Å²) in [5.74, 6) is 0.307. The van der Waals surface area contributed by atoms with Crippen LogP contribution in [-0.2, 0) is 11.3 Å². The quantitative estimate of drug-likeness (QED) is 0.421. The highest BCUT2D eigenvalue weighted by molar-refractivity contribution is 5.91. The molecule has 0 unspecified atom stereocenters. The first-order valence-corrected chi connectivity index (χ1v) is 8.09. The second-order valence-corrected chi connectivity index (χ2v) is 5.81. The molecule has 9 nitrogen and oxygen atoms in total. The van der Waals surface area contributed by atoms with E-state index in [1.165, 1.54) is 10.9 Å². The number of hydrogen-bond donors (Lipinski definition) is 1. The molecule has 0 saturated carbocycles. The van der Waals surface area contributed by atoms with Crippen LogP contribution in [0.4, 0.5) is 0 Å². The molecule has 4 aromatic heterocycles. The van der Waals surface area contributed by atoms with Crippen molar-refractivity contribution in [2.75, 3.05) is 13.7 Å². The van der Waals surface area contributed by atoms with Crippen molar-refractivity contribution in [1.29, 1.82) is 0 Å². The van der Waals surface area contributed by atoms with Gasteiger partial charge < -0.3 is 9.30 Å². The Bertz CT molecular complexity index is 1190. The van der Waals surface area contributed by atoms with Gasteiger partial charge in [-0.05, 0) is 24.6 Å². The Kier molecular flexibility index (Phi) is 4.05. The van der Waals surface area contributed by atoms with Crippen LogP contribution in [0.2, 0.25) is 0 Å². The van der Waals surface area contributed by atoms with Gasteiger partial charge in [-0.3, -0.25) is 14.2 Å². The van der Waals surface area contributed by atoms with Crippen LogP contribution < -0.4 is 11.1 Å². The first kappa shape index (κ1) is 16.2. The zero-order chi connectivity index (χ0) is 18.1. The van der Waals surface area contributed by atoms with Crippen molar-refractivity contribution in [3.63, 3.8) is 0 Å². The SMILES string of the molecule is COCCCn1ccc2nc3ccn(-c4ncn[nH]4)c(=O)c3cc2c1=O. The third kappa shape index (κ3) is 2.68. The Morgan fingerprint density at radius 2 is 1.88 bits per heavy atom. The highest BCUT2D eigenvalue weighted by Crippen LogP contribution is 2.15. The van der Waals surface area contributed by atoms with Crippen LogP contribution in [-0.4, -0.2) is 43.0 Å². The smallest absolute Gasteiger partial charge is 0.266 e. The van der Waals surface area contributed by atoms with Crippen LogP contribution in [0, 0.1) is 0 Å². The summed E-state index contributed by atoms with van der Waals surface area (Å²) in [6.07, 6.45) is 5.34. The molecule has 4 aromatic rings. The Morgan fingerprint density at radius 1 is 1.12 bits per heavy atom. The molecule has 4 rings (SSSR count). The minimum atomic E-state index is -0.317. The lowest BCUT2D eigenvalue weighted by molar-refractivity contribution is 0.190. The van der Waals surface area contributed by atoms with E-state index < -0.39 is 0 Å². The molecule has 1 N–H and O–H groups in total. The number of fused-ring (bicyclic) bond motifs is 2. The summed E-state index contributed by atoms with van der Waals surface area (Å²) in [5.41, 5.74) is 0.586. The fourth-order valence-corrected chi connectivity index (χ4v) is 2.90. The normalized spacial score (nSPS) is 11.4. The van der Waals surface area contributed by atoms with E-state index in [1.807, 2.05) is 0 Å². The Labute approximate surface area is 146 Å². The predicted octanol–water partition coefficient (Wildman–Crippen LogP) is 0.855. The molecule has 0 aliphatic carbocycles. The van der Waals surface area contributed by atoms with Crippen molar-refractivity contribution in [2.45, 2.75) is 13.0 Å². The molecule has 0 aromatic carbocycles. The van der Waals surface area contributed by atoms with Crippen molar-refractivity contribution in [1.82, 2.24) is 29.3 Å². The first-order valence-electron chi connectivity index (χ1n) is 8.09. The first-order chi connectivity index (χ1) is 12.7. The van der Waals surface area contributed by atoms with Crippen LogP contribution in [0.15, 0.2) is 46.5 Å². The molecule has 0 saturated heterocycles. The molecular weight excluding hydrogens is 336 g/mol. The monoisotopic (exact) mass is 352 g/mol. The molecule has 26 heavy (non-hydrogen) atoms. The molecule has 132 valence electrons. The van der Waals surface area contributed by atoms with Crippen molar-refractivity contribution in [2.24, 2.45) is 0 Å². The number of H-pyrrole nitrogens is 1. The van der Waals surface area contributed by atoms with E-state index >= 15 is 0 Å². The Balaban J connectivity index is 1.90. The van der Waals surface area contributed by atoms with Gasteiger partial charge in [-0.2, -0.15) is 10.1 Å². The number of nitrogens with zero attached hydrogens (tertiary/aromatic N) is 5. The summed E-state index contributed by atoms with van der Waals surface area (Å²) >= 11 is 0. The topological polar surface area (TPSA) is 108 Å². The third-order valence-corrected chi connectivity index (χ3v) is 4.19. The van der Waals surface area contributed by atoms with Gasteiger partial charge in [0.25, 0.3) is 11.1 Å². The van der Waals surface area contributed by atoms with Crippen LogP contribution in [0.25, 0.3) is 27.8 Å². The summed E-state index contributed by atoms with van der Waals surface area (Å²) in [5, 5.41) is 7.16. The van der Waals surface area contributed by atoms with Gasteiger partial charge in [0, 0.05) is 32.7 Å². The number of pyridine rings is 3. The van der Waals surface area contributed by atoms with E-state index in [0.29, 0.717) is 40.9 Å². The minimum absolute atomic E-state index is 0.178. The average Bonchev–Trinajstić information content (AvgIpc) is 3.18. The number of methoxy groups -OCH3 is 1. The van der Waals surface area contributed by atoms with Crippen LogP contribution >= 0.6 is 0 Å². The predicted molar refractivity (Wildman–Crippen MR) is 95.5 cm³/mol. The van der Waals surface area contributed by atoms with E-state index in [0.717, 1.165) is 6.42 Å². The lowest BCUT2D eigenvalue weighted by atomic mass is 10.2. The number of aryl methyl sites for hydroxylation is 1. The highest BCUT2D eigenvalue weighted by Gasteiger charge is 2.11. The van der Waals surface area contributed by atoms with E-state index in [9.17, 15) is 9.59 Å². The molecule has 0 spiro atoms. The maximum Gasteiger partial charge on any atom is 0.266 e. The van der Waals surface area contributed by atoms with E-state index in [1.54, 1.807) is 42.3 Å². The van der Waals surface area contributed by atoms with Gasteiger partial charge in [0.2, 0.25) is 5.95 Å². The molecule has 0 bridgehead atoms. The highest BCUT2D eigenvalue weighted by atomic mass is 16.5. The number of nitrogens with one attached hydrogen (secondary N) is 1. The number of ether oxygens (including phenoxy) is 1. The Hall–Kier alpha value is -3.33. The van der Waals surface area contributed by atoms with E-state index in [2.05, 4.69) is 20.2 Å². The summed E-state index contributed by atoms with van der Waals surface area (Å²) in [7, 11) is 1.62. The molecule has 0 amide bonds. The van der Waals surface area contributed by atoms with E-state index in [4.69, 9.17) is 4.74 Å². The number of aromatic nitrogens is 6. The molecule has 0 atom stereocenters. The second-order valence-electron chi connectivity index (χ2n) is 5.81. The van der Waals surface area contributed by atoms with Crippen molar-refractivity contribution in [3.8, 4) is 5.95 Å². The van der Waals surface area contributed by atoms with Gasteiger partial charge in [0.05, 0.1) is 21.8 Å². The summed E-state index contributed by atoms with van der Waals surface area (Å²) in [6.45, 7) is 1.11. The van der Waals surface area contributed by atoms with Crippen molar-refractivity contribution < 1.29 is 4.74 Å². The van der Waals surface area contributed by atoms with Crippen molar-refractivity contribution in [3.05, 3.63) is 57.6 Å². The molecule has 0 aliphatic rings. The van der Waals surface area contributed by atoms with Gasteiger partial charge in [0.1, 0.15) is 6.33 Å². The zero-order valence-corrected chi connectivity index (χ0v) is 14.0. The summed E-state index contributed by atoms with van der Waals surface area (Å²) in [4.78, 5) is 34.0. The fraction of sp³-hybridized carbons (Fsp3) is 0.235. The second kappa shape index (κ2) is 6.52. The number of rotatable bonds is 5. The lowest BCUT2D eigenvalue weighted by Crippen LogP contribution is -2.22.